The summed E-state index contributed by atoms with van der Waals surface area (Å²) in [5.74, 6) is 1.73. The number of hydrogen-bond acceptors (Lipinski definition) is 5. The molecule has 0 spiro atoms. The molecule has 0 aromatic rings. The largest absolute Gasteiger partial charge is 0.462 e. The second-order valence-corrected chi connectivity index (χ2v) is 4.10. The molecular formula is C9H17NO3S. The highest BCUT2D eigenvalue weighted by atomic mass is 32.2. The Morgan fingerprint density at radius 3 is 3.07 bits per heavy atom. The highest BCUT2D eigenvalue weighted by Crippen LogP contribution is 2.08. The van der Waals surface area contributed by atoms with Gasteiger partial charge in [0.05, 0.1) is 6.61 Å². The average molecular weight is 219 g/mol. The highest BCUT2D eigenvalue weighted by molar-refractivity contribution is 7.99. The number of rotatable bonds is 5. The van der Waals surface area contributed by atoms with Crippen molar-refractivity contribution in [2.75, 3.05) is 37.9 Å². The summed E-state index contributed by atoms with van der Waals surface area (Å²) < 4.78 is 10.1. The van der Waals surface area contributed by atoms with E-state index in [1.807, 2.05) is 6.92 Å². The lowest BCUT2D eigenvalue weighted by Gasteiger charge is -2.21. The van der Waals surface area contributed by atoms with Crippen molar-refractivity contribution in [2.45, 2.75) is 13.0 Å². The van der Waals surface area contributed by atoms with Crippen molar-refractivity contribution in [2.24, 2.45) is 0 Å². The minimum absolute atomic E-state index is 0.129. The lowest BCUT2D eigenvalue weighted by Crippen LogP contribution is -2.44. The fourth-order valence-electron chi connectivity index (χ4n) is 1.16. The van der Waals surface area contributed by atoms with Gasteiger partial charge in [0.1, 0.15) is 12.6 Å². The van der Waals surface area contributed by atoms with Crippen LogP contribution in [0.4, 0.5) is 0 Å². The van der Waals surface area contributed by atoms with Crippen molar-refractivity contribution < 1.29 is 14.3 Å². The van der Waals surface area contributed by atoms with E-state index in [9.17, 15) is 4.79 Å². The van der Waals surface area contributed by atoms with Crippen molar-refractivity contribution in [1.29, 1.82) is 0 Å². The van der Waals surface area contributed by atoms with Crippen LogP contribution in [0, 0.1) is 0 Å². The molecule has 0 saturated carbocycles. The first-order valence-electron chi connectivity index (χ1n) is 4.90. The van der Waals surface area contributed by atoms with E-state index in [0.717, 1.165) is 18.1 Å². The molecule has 4 nitrogen and oxygen atoms in total. The minimum Gasteiger partial charge on any atom is -0.462 e. The van der Waals surface area contributed by atoms with Gasteiger partial charge in [-0.2, -0.15) is 11.8 Å². The fourth-order valence-corrected chi connectivity index (χ4v) is 2.08. The zero-order valence-corrected chi connectivity index (χ0v) is 9.27. The predicted molar refractivity (Wildman–Crippen MR) is 56.6 cm³/mol. The zero-order valence-electron chi connectivity index (χ0n) is 8.45. The second kappa shape index (κ2) is 7.09. The maximum Gasteiger partial charge on any atom is 0.324 e. The molecule has 1 heterocycles. The summed E-state index contributed by atoms with van der Waals surface area (Å²) in [6.45, 7) is 4.31. The third-order valence-corrected chi connectivity index (χ3v) is 2.94. The Kier molecular flexibility index (Phi) is 5.98. The van der Waals surface area contributed by atoms with Crippen LogP contribution in [-0.4, -0.2) is 49.9 Å². The number of ether oxygens (including phenoxy) is 2. The van der Waals surface area contributed by atoms with Gasteiger partial charge >= 0.3 is 5.97 Å². The van der Waals surface area contributed by atoms with Gasteiger partial charge in [0.15, 0.2) is 0 Å². The van der Waals surface area contributed by atoms with E-state index < -0.39 is 0 Å². The SMILES string of the molecule is CCOCCOC(=O)C1CSCCN1. The molecule has 1 aliphatic rings. The van der Waals surface area contributed by atoms with E-state index in [0.29, 0.717) is 19.8 Å². The maximum absolute atomic E-state index is 11.4. The van der Waals surface area contributed by atoms with Gasteiger partial charge < -0.3 is 14.8 Å². The van der Waals surface area contributed by atoms with Crippen LogP contribution in [0.3, 0.4) is 0 Å². The van der Waals surface area contributed by atoms with Crippen LogP contribution in [-0.2, 0) is 14.3 Å². The quantitative estimate of drug-likeness (QED) is 0.531. The van der Waals surface area contributed by atoms with Crippen molar-refractivity contribution in [3.05, 3.63) is 0 Å². The predicted octanol–water partition coefficient (Wildman–Crippen LogP) is 0.271. The Labute approximate surface area is 88.7 Å². The summed E-state index contributed by atoms with van der Waals surface area (Å²) in [6, 6.07) is -0.129. The molecule has 1 atom stereocenters. The van der Waals surface area contributed by atoms with Crippen LogP contribution in [0.15, 0.2) is 0 Å². The number of nitrogens with one attached hydrogen (secondary N) is 1. The van der Waals surface area contributed by atoms with Gasteiger partial charge in [0.25, 0.3) is 0 Å². The molecule has 1 rings (SSSR count). The van der Waals surface area contributed by atoms with Crippen molar-refractivity contribution in [3.8, 4) is 0 Å². The molecule has 0 amide bonds. The average Bonchev–Trinajstić information content (AvgIpc) is 2.25. The number of carbonyl (C=O) groups excluding carboxylic acids is 1. The van der Waals surface area contributed by atoms with Crippen molar-refractivity contribution in [3.63, 3.8) is 0 Å². The van der Waals surface area contributed by atoms with Crippen molar-refractivity contribution in [1.82, 2.24) is 5.32 Å². The van der Waals surface area contributed by atoms with Gasteiger partial charge in [-0.15, -0.1) is 0 Å². The van der Waals surface area contributed by atoms with Gasteiger partial charge in [0.2, 0.25) is 0 Å². The van der Waals surface area contributed by atoms with Crippen LogP contribution in [0.2, 0.25) is 0 Å². The van der Waals surface area contributed by atoms with E-state index in [1.54, 1.807) is 11.8 Å². The molecule has 82 valence electrons. The molecule has 0 aliphatic carbocycles. The molecule has 0 radical (unpaired) electrons. The molecule has 1 N–H and O–H groups in total. The number of esters is 1. The first-order valence-corrected chi connectivity index (χ1v) is 6.05. The first-order chi connectivity index (χ1) is 6.84. The van der Waals surface area contributed by atoms with Gasteiger partial charge in [-0.25, -0.2) is 0 Å². The molecule has 14 heavy (non-hydrogen) atoms. The number of thioether (sulfide) groups is 1. The first kappa shape index (κ1) is 11.8. The standard InChI is InChI=1S/C9H17NO3S/c1-2-12-4-5-13-9(11)8-7-14-6-3-10-8/h8,10H,2-7H2,1H3. The molecule has 5 heteroatoms. The van der Waals surface area contributed by atoms with Gasteiger partial charge in [-0.05, 0) is 6.92 Å². The molecule has 1 fully saturated rings. The second-order valence-electron chi connectivity index (χ2n) is 2.95. The van der Waals surface area contributed by atoms with Crippen molar-refractivity contribution >= 4 is 17.7 Å². The molecule has 0 aromatic carbocycles. The van der Waals surface area contributed by atoms with Crippen LogP contribution < -0.4 is 5.32 Å². The molecule has 1 aliphatic heterocycles. The highest BCUT2D eigenvalue weighted by Gasteiger charge is 2.21. The smallest absolute Gasteiger partial charge is 0.324 e. The summed E-state index contributed by atoms with van der Waals surface area (Å²) in [7, 11) is 0. The topological polar surface area (TPSA) is 47.6 Å². The van der Waals surface area contributed by atoms with Gasteiger partial charge in [-0.3, -0.25) is 4.79 Å². The van der Waals surface area contributed by atoms with Crippen LogP contribution in [0.1, 0.15) is 6.92 Å². The zero-order chi connectivity index (χ0) is 10.2. The maximum atomic E-state index is 11.4. The Balaban J connectivity index is 2.07. The Morgan fingerprint density at radius 1 is 1.57 bits per heavy atom. The molecule has 1 unspecified atom stereocenters. The van der Waals surface area contributed by atoms with E-state index in [1.165, 1.54) is 0 Å². The van der Waals surface area contributed by atoms with Gasteiger partial charge in [0, 0.05) is 24.7 Å². The number of carbonyl (C=O) groups is 1. The Morgan fingerprint density at radius 2 is 2.43 bits per heavy atom. The Hall–Kier alpha value is -0.260. The summed E-state index contributed by atoms with van der Waals surface area (Å²) in [5.41, 5.74) is 0. The lowest BCUT2D eigenvalue weighted by atomic mass is 10.3. The van der Waals surface area contributed by atoms with E-state index in [4.69, 9.17) is 9.47 Å². The van der Waals surface area contributed by atoms with E-state index in [-0.39, 0.29) is 12.0 Å². The lowest BCUT2D eigenvalue weighted by molar-refractivity contribution is -0.147. The molecular weight excluding hydrogens is 202 g/mol. The molecule has 1 saturated heterocycles. The van der Waals surface area contributed by atoms with Crippen LogP contribution >= 0.6 is 11.8 Å². The molecule has 0 aromatic heterocycles. The molecule has 0 bridgehead atoms. The summed E-state index contributed by atoms with van der Waals surface area (Å²) in [5, 5.41) is 3.12. The van der Waals surface area contributed by atoms with Crippen LogP contribution in [0.25, 0.3) is 0 Å². The summed E-state index contributed by atoms with van der Waals surface area (Å²) >= 11 is 1.78. The fraction of sp³-hybridized carbons (Fsp3) is 0.889. The van der Waals surface area contributed by atoms with Crippen LogP contribution in [0.5, 0.6) is 0 Å². The monoisotopic (exact) mass is 219 g/mol. The summed E-state index contributed by atoms with van der Waals surface area (Å²) in [6.07, 6.45) is 0. The van der Waals surface area contributed by atoms with E-state index >= 15 is 0 Å². The normalized spacial score (nSPS) is 21.9. The third kappa shape index (κ3) is 4.30. The minimum atomic E-state index is -0.156. The number of hydrogen-bond donors (Lipinski definition) is 1. The summed E-state index contributed by atoms with van der Waals surface area (Å²) in [4.78, 5) is 11.4. The van der Waals surface area contributed by atoms with E-state index in [2.05, 4.69) is 5.32 Å². The Bertz CT molecular complexity index is 171. The third-order valence-electron chi connectivity index (χ3n) is 1.88. The van der Waals surface area contributed by atoms with Gasteiger partial charge in [-0.1, -0.05) is 0 Å².